The van der Waals surface area contributed by atoms with Gasteiger partial charge in [0.2, 0.25) is 0 Å². The van der Waals surface area contributed by atoms with Gasteiger partial charge in [0.1, 0.15) is 5.15 Å². The molecule has 0 saturated heterocycles. The van der Waals surface area contributed by atoms with Gasteiger partial charge in [-0.05, 0) is 25.7 Å². The van der Waals surface area contributed by atoms with Crippen molar-refractivity contribution in [1.29, 1.82) is 0 Å². The Morgan fingerprint density at radius 1 is 1.17 bits per heavy atom. The fraction of sp³-hybridized carbons (Fsp3) is 0.571. The van der Waals surface area contributed by atoms with E-state index in [1.54, 1.807) is 10.7 Å². The van der Waals surface area contributed by atoms with E-state index in [4.69, 9.17) is 16.6 Å². The molecule has 0 aromatic carbocycles. The number of hydrogen-bond donors (Lipinski definition) is 0. The number of rotatable bonds is 0. The molecule has 0 amide bonds. The van der Waals surface area contributed by atoms with Gasteiger partial charge in [-0.25, -0.2) is 9.50 Å². The van der Waals surface area contributed by atoms with E-state index in [2.05, 4.69) is 5.10 Å². The lowest BCUT2D eigenvalue weighted by molar-refractivity contribution is 0.286. The molecule has 0 N–H and O–H groups in total. The molecule has 1 fully saturated rings. The number of fused-ring (bicyclic) bond motifs is 3. The van der Waals surface area contributed by atoms with E-state index < -0.39 is 0 Å². The van der Waals surface area contributed by atoms with Crippen LogP contribution in [0, 0.1) is 0 Å². The third-order valence-electron chi connectivity index (χ3n) is 4.74. The van der Waals surface area contributed by atoms with Crippen LogP contribution >= 0.6 is 11.6 Å². The zero-order chi connectivity index (χ0) is 12.2. The molecular weight excluding hydrogens is 246 g/mol. The van der Waals surface area contributed by atoms with Crippen LogP contribution in [0.5, 0.6) is 0 Å². The van der Waals surface area contributed by atoms with Crippen molar-refractivity contribution in [3.63, 3.8) is 0 Å². The van der Waals surface area contributed by atoms with Crippen LogP contribution in [-0.2, 0) is 11.8 Å². The minimum Gasteiger partial charge on any atom is -0.233 e. The Balaban J connectivity index is 1.95. The molecule has 0 aliphatic heterocycles. The molecule has 3 nitrogen and oxygen atoms in total. The summed E-state index contributed by atoms with van der Waals surface area (Å²) in [5.41, 5.74) is 3.74. The van der Waals surface area contributed by atoms with Gasteiger partial charge >= 0.3 is 0 Å². The van der Waals surface area contributed by atoms with Crippen LogP contribution < -0.4 is 0 Å². The van der Waals surface area contributed by atoms with Crippen molar-refractivity contribution < 1.29 is 0 Å². The molecule has 1 spiro atoms. The first kappa shape index (κ1) is 10.8. The van der Waals surface area contributed by atoms with Gasteiger partial charge in [-0.3, -0.25) is 0 Å². The van der Waals surface area contributed by atoms with Crippen LogP contribution in [0.25, 0.3) is 5.65 Å². The molecule has 2 heterocycles. The second-order valence-corrected chi connectivity index (χ2v) is 6.03. The monoisotopic (exact) mass is 261 g/mol. The molecule has 0 bridgehead atoms. The number of nitrogens with zero attached hydrogens (tertiary/aromatic N) is 3. The molecule has 2 aromatic rings. The van der Waals surface area contributed by atoms with Crippen LogP contribution in [-0.4, -0.2) is 14.6 Å². The zero-order valence-electron chi connectivity index (χ0n) is 10.3. The molecule has 4 rings (SSSR count). The SMILES string of the molecule is Clc1c2c(nc3ccnn13)C1(CCCCC1)CC2. The quantitative estimate of drug-likeness (QED) is 0.679. The standard InChI is InChI=1S/C14H16ClN3/c15-13-10-4-8-14(6-2-1-3-7-14)12(10)17-11-5-9-16-18(11)13/h5,9H,1-4,6-8H2. The Morgan fingerprint density at radius 3 is 2.83 bits per heavy atom. The summed E-state index contributed by atoms with van der Waals surface area (Å²) in [6.07, 6.45) is 10.7. The minimum atomic E-state index is 0.323. The number of aromatic nitrogens is 3. The van der Waals surface area contributed by atoms with Crippen molar-refractivity contribution in [2.45, 2.75) is 50.4 Å². The lowest BCUT2D eigenvalue weighted by Gasteiger charge is -2.33. The van der Waals surface area contributed by atoms with Crippen molar-refractivity contribution in [2.75, 3.05) is 0 Å². The van der Waals surface area contributed by atoms with Crippen LogP contribution in [0.1, 0.15) is 49.8 Å². The smallest absolute Gasteiger partial charge is 0.156 e. The lowest BCUT2D eigenvalue weighted by atomic mass is 9.72. The molecule has 1 saturated carbocycles. The molecule has 2 aliphatic rings. The highest BCUT2D eigenvalue weighted by atomic mass is 35.5. The first-order valence-corrected chi connectivity index (χ1v) is 7.21. The zero-order valence-corrected chi connectivity index (χ0v) is 11.1. The summed E-state index contributed by atoms with van der Waals surface area (Å²) >= 11 is 6.49. The summed E-state index contributed by atoms with van der Waals surface area (Å²) in [5, 5.41) is 5.03. The number of halogens is 1. The summed E-state index contributed by atoms with van der Waals surface area (Å²) in [7, 11) is 0. The topological polar surface area (TPSA) is 30.2 Å². The highest BCUT2D eigenvalue weighted by Crippen LogP contribution is 2.49. The molecule has 18 heavy (non-hydrogen) atoms. The highest BCUT2D eigenvalue weighted by Gasteiger charge is 2.42. The van der Waals surface area contributed by atoms with Crippen molar-refractivity contribution in [3.05, 3.63) is 28.7 Å². The fourth-order valence-electron chi connectivity index (χ4n) is 3.80. The van der Waals surface area contributed by atoms with Crippen molar-refractivity contribution >= 4 is 17.2 Å². The summed E-state index contributed by atoms with van der Waals surface area (Å²) in [4.78, 5) is 4.87. The summed E-state index contributed by atoms with van der Waals surface area (Å²) in [5.74, 6) is 0. The summed E-state index contributed by atoms with van der Waals surface area (Å²) < 4.78 is 1.77. The molecule has 0 radical (unpaired) electrons. The molecule has 4 heteroatoms. The van der Waals surface area contributed by atoms with Crippen LogP contribution in [0.2, 0.25) is 5.15 Å². The van der Waals surface area contributed by atoms with Crippen molar-refractivity contribution in [3.8, 4) is 0 Å². The Labute approximate surface area is 111 Å². The van der Waals surface area contributed by atoms with E-state index in [1.165, 1.54) is 49.8 Å². The molecule has 94 valence electrons. The Morgan fingerprint density at radius 2 is 2.00 bits per heavy atom. The van der Waals surface area contributed by atoms with Crippen molar-refractivity contribution in [1.82, 2.24) is 14.6 Å². The van der Waals surface area contributed by atoms with Crippen LogP contribution in [0.4, 0.5) is 0 Å². The van der Waals surface area contributed by atoms with Gasteiger partial charge in [0.15, 0.2) is 5.65 Å². The van der Waals surface area contributed by atoms with Gasteiger partial charge in [-0.1, -0.05) is 30.9 Å². The van der Waals surface area contributed by atoms with E-state index in [-0.39, 0.29) is 0 Å². The van der Waals surface area contributed by atoms with Crippen molar-refractivity contribution in [2.24, 2.45) is 0 Å². The average molecular weight is 262 g/mol. The minimum absolute atomic E-state index is 0.323. The fourth-order valence-corrected chi connectivity index (χ4v) is 4.11. The van der Waals surface area contributed by atoms with Gasteiger partial charge in [-0.2, -0.15) is 5.10 Å². The Bertz CT molecular complexity index is 611. The largest absolute Gasteiger partial charge is 0.233 e. The maximum absolute atomic E-state index is 6.49. The van der Waals surface area contributed by atoms with E-state index >= 15 is 0 Å². The lowest BCUT2D eigenvalue weighted by Crippen LogP contribution is -2.27. The third-order valence-corrected chi connectivity index (χ3v) is 5.12. The first-order valence-electron chi connectivity index (χ1n) is 6.83. The summed E-state index contributed by atoms with van der Waals surface area (Å²) in [6.45, 7) is 0. The Kier molecular flexibility index (Phi) is 2.22. The van der Waals surface area contributed by atoms with E-state index in [0.29, 0.717) is 5.41 Å². The van der Waals surface area contributed by atoms with E-state index in [9.17, 15) is 0 Å². The van der Waals surface area contributed by atoms with E-state index in [1.807, 2.05) is 6.07 Å². The maximum Gasteiger partial charge on any atom is 0.156 e. The van der Waals surface area contributed by atoms with Crippen LogP contribution in [0.3, 0.4) is 0 Å². The average Bonchev–Trinajstić information content (AvgIpc) is 2.98. The number of hydrogen-bond acceptors (Lipinski definition) is 2. The predicted molar refractivity (Wildman–Crippen MR) is 71.1 cm³/mol. The van der Waals surface area contributed by atoms with Gasteiger partial charge < -0.3 is 0 Å². The van der Waals surface area contributed by atoms with E-state index in [0.717, 1.165) is 17.2 Å². The second kappa shape index (κ2) is 3.70. The molecular formula is C14H16ClN3. The Hall–Kier alpha value is -1.09. The molecule has 2 aliphatic carbocycles. The first-order chi connectivity index (χ1) is 8.80. The normalized spacial score (nSPS) is 21.6. The van der Waals surface area contributed by atoms with Gasteiger partial charge in [0.25, 0.3) is 0 Å². The second-order valence-electron chi connectivity index (χ2n) is 5.67. The molecule has 2 aromatic heterocycles. The predicted octanol–water partition coefficient (Wildman–Crippen LogP) is 3.53. The highest BCUT2D eigenvalue weighted by molar-refractivity contribution is 6.30. The molecule has 0 unspecified atom stereocenters. The third kappa shape index (κ3) is 1.31. The molecule has 0 atom stereocenters. The summed E-state index contributed by atoms with van der Waals surface area (Å²) in [6, 6.07) is 1.95. The van der Waals surface area contributed by atoms with Gasteiger partial charge in [0, 0.05) is 17.0 Å². The van der Waals surface area contributed by atoms with Crippen LogP contribution in [0.15, 0.2) is 12.3 Å². The van der Waals surface area contributed by atoms with Gasteiger partial charge in [-0.15, -0.1) is 0 Å². The maximum atomic E-state index is 6.49. The van der Waals surface area contributed by atoms with Gasteiger partial charge in [0.05, 0.1) is 11.9 Å².